The van der Waals surface area contributed by atoms with Crippen molar-refractivity contribution >= 4 is 17.2 Å². The Morgan fingerprint density at radius 3 is 3.21 bits per heavy atom. The summed E-state index contributed by atoms with van der Waals surface area (Å²) < 4.78 is 0. The highest BCUT2D eigenvalue weighted by Gasteiger charge is 2.44. The third-order valence-corrected chi connectivity index (χ3v) is 5.84. The van der Waals surface area contributed by atoms with E-state index in [9.17, 15) is 4.79 Å². The second-order valence-corrected chi connectivity index (χ2v) is 7.18. The summed E-state index contributed by atoms with van der Waals surface area (Å²) in [6.07, 6.45) is 6.24. The number of aromatic nitrogens is 4. The highest BCUT2D eigenvalue weighted by molar-refractivity contribution is 7.13. The maximum atomic E-state index is 13.1. The normalized spacial score (nSPS) is 21.8. The summed E-state index contributed by atoms with van der Waals surface area (Å²) in [6.45, 7) is 0. The fourth-order valence-corrected chi connectivity index (χ4v) is 4.55. The Hall–Kier alpha value is -2.54. The molecule has 0 spiro atoms. The SMILES string of the molecule is O=C(c1cc(-c2cccs2)[nH]n1)N1C2CCC1c1cncnc1C2. The highest BCUT2D eigenvalue weighted by Crippen LogP contribution is 2.43. The zero-order chi connectivity index (χ0) is 16.1. The molecule has 0 radical (unpaired) electrons. The van der Waals surface area contributed by atoms with E-state index in [1.54, 1.807) is 17.7 Å². The van der Waals surface area contributed by atoms with Crippen molar-refractivity contribution < 1.29 is 4.79 Å². The zero-order valence-corrected chi connectivity index (χ0v) is 13.7. The predicted molar refractivity (Wildman–Crippen MR) is 89.6 cm³/mol. The topological polar surface area (TPSA) is 74.8 Å². The molecule has 1 fully saturated rings. The van der Waals surface area contributed by atoms with E-state index in [4.69, 9.17) is 0 Å². The van der Waals surface area contributed by atoms with E-state index in [0.29, 0.717) is 5.69 Å². The van der Waals surface area contributed by atoms with Crippen LogP contribution >= 0.6 is 11.3 Å². The first-order chi connectivity index (χ1) is 11.8. The molecule has 5 rings (SSSR count). The number of fused-ring (bicyclic) bond motifs is 4. The van der Waals surface area contributed by atoms with Crippen LogP contribution in [0.15, 0.2) is 36.1 Å². The molecule has 120 valence electrons. The quantitative estimate of drug-likeness (QED) is 0.780. The average molecular weight is 337 g/mol. The third-order valence-electron chi connectivity index (χ3n) is 4.94. The van der Waals surface area contributed by atoms with Crippen LogP contribution in [0.3, 0.4) is 0 Å². The number of rotatable bonds is 2. The van der Waals surface area contributed by atoms with Gasteiger partial charge in [0, 0.05) is 24.2 Å². The molecule has 24 heavy (non-hydrogen) atoms. The molecule has 2 aliphatic heterocycles. The van der Waals surface area contributed by atoms with Crippen LogP contribution in [-0.4, -0.2) is 37.0 Å². The van der Waals surface area contributed by atoms with E-state index >= 15 is 0 Å². The van der Waals surface area contributed by atoms with Gasteiger partial charge in [0.2, 0.25) is 0 Å². The minimum atomic E-state index is -0.00365. The summed E-state index contributed by atoms with van der Waals surface area (Å²) in [5, 5.41) is 9.26. The molecule has 1 N–H and O–H groups in total. The number of H-pyrrole nitrogens is 1. The smallest absolute Gasteiger partial charge is 0.275 e. The van der Waals surface area contributed by atoms with Crippen molar-refractivity contribution in [3.8, 4) is 10.6 Å². The minimum Gasteiger partial charge on any atom is -0.327 e. The lowest BCUT2D eigenvalue weighted by molar-refractivity contribution is 0.0637. The zero-order valence-electron chi connectivity index (χ0n) is 12.8. The summed E-state index contributed by atoms with van der Waals surface area (Å²) in [4.78, 5) is 24.7. The molecule has 7 heteroatoms. The Kier molecular flexibility index (Phi) is 3.02. The van der Waals surface area contributed by atoms with Gasteiger partial charge in [-0.1, -0.05) is 6.07 Å². The van der Waals surface area contributed by atoms with E-state index in [0.717, 1.165) is 41.1 Å². The van der Waals surface area contributed by atoms with Gasteiger partial charge in [-0.3, -0.25) is 9.89 Å². The van der Waals surface area contributed by atoms with Gasteiger partial charge < -0.3 is 4.90 Å². The van der Waals surface area contributed by atoms with Crippen LogP contribution in [-0.2, 0) is 6.42 Å². The lowest BCUT2D eigenvalue weighted by atomic mass is 9.99. The first kappa shape index (κ1) is 13.9. The maximum absolute atomic E-state index is 13.1. The molecule has 2 bridgehead atoms. The number of hydrogen-bond donors (Lipinski definition) is 1. The van der Waals surface area contributed by atoms with Crippen molar-refractivity contribution in [3.63, 3.8) is 0 Å². The van der Waals surface area contributed by atoms with Gasteiger partial charge in [-0.2, -0.15) is 5.10 Å². The van der Waals surface area contributed by atoms with Crippen LogP contribution in [0.25, 0.3) is 10.6 Å². The number of amides is 1. The first-order valence-corrected chi connectivity index (χ1v) is 8.90. The molecule has 2 unspecified atom stereocenters. The summed E-state index contributed by atoms with van der Waals surface area (Å²) in [5.41, 5.74) is 3.55. The van der Waals surface area contributed by atoms with Gasteiger partial charge in [0.15, 0.2) is 5.69 Å². The number of aromatic amines is 1. The van der Waals surface area contributed by atoms with Crippen molar-refractivity contribution in [3.05, 3.63) is 53.1 Å². The molecule has 1 amide bonds. The molecule has 0 aliphatic carbocycles. The van der Waals surface area contributed by atoms with Gasteiger partial charge in [0.25, 0.3) is 5.91 Å². The highest BCUT2D eigenvalue weighted by atomic mass is 32.1. The van der Waals surface area contributed by atoms with Gasteiger partial charge in [0.1, 0.15) is 6.33 Å². The molecule has 2 atom stereocenters. The molecular formula is C17H15N5OS. The first-order valence-electron chi connectivity index (χ1n) is 8.02. The van der Waals surface area contributed by atoms with Crippen LogP contribution in [0.2, 0.25) is 0 Å². The van der Waals surface area contributed by atoms with Crippen LogP contribution < -0.4 is 0 Å². The Morgan fingerprint density at radius 1 is 1.38 bits per heavy atom. The van der Waals surface area contributed by atoms with Gasteiger partial charge in [-0.15, -0.1) is 11.3 Å². The lowest BCUT2D eigenvalue weighted by Gasteiger charge is -2.34. The van der Waals surface area contributed by atoms with E-state index < -0.39 is 0 Å². The largest absolute Gasteiger partial charge is 0.327 e. The van der Waals surface area contributed by atoms with Crippen molar-refractivity contribution in [2.75, 3.05) is 0 Å². The number of thiophene rings is 1. The Morgan fingerprint density at radius 2 is 2.33 bits per heavy atom. The fraction of sp³-hybridized carbons (Fsp3) is 0.294. The van der Waals surface area contributed by atoms with Crippen LogP contribution in [0, 0.1) is 0 Å². The molecule has 1 saturated heterocycles. The van der Waals surface area contributed by atoms with E-state index in [1.807, 2.05) is 34.7 Å². The Balaban J connectivity index is 1.48. The maximum Gasteiger partial charge on any atom is 0.275 e. The molecule has 5 heterocycles. The van der Waals surface area contributed by atoms with Crippen molar-refractivity contribution in [1.82, 2.24) is 25.1 Å². The summed E-state index contributed by atoms with van der Waals surface area (Å²) in [5.74, 6) is -0.00365. The fourth-order valence-electron chi connectivity index (χ4n) is 3.86. The predicted octanol–water partition coefficient (Wildman–Crippen LogP) is 2.83. The van der Waals surface area contributed by atoms with Crippen LogP contribution in [0.4, 0.5) is 0 Å². The van der Waals surface area contributed by atoms with E-state index in [1.165, 1.54) is 0 Å². The van der Waals surface area contributed by atoms with E-state index in [-0.39, 0.29) is 18.0 Å². The van der Waals surface area contributed by atoms with Crippen molar-refractivity contribution in [2.45, 2.75) is 31.3 Å². The van der Waals surface area contributed by atoms with Crippen molar-refractivity contribution in [2.24, 2.45) is 0 Å². The Labute approximate surface area is 142 Å². The summed E-state index contributed by atoms with van der Waals surface area (Å²) >= 11 is 1.63. The molecule has 2 aliphatic rings. The van der Waals surface area contributed by atoms with Gasteiger partial charge in [-0.25, -0.2) is 9.97 Å². The summed E-state index contributed by atoms with van der Waals surface area (Å²) in [6, 6.07) is 6.15. The van der Waals surface area contributed by atoms with Crippen molar-refractivity contribution in [1.29, 1.82) is 0 Å². The molecule has 0 aromatic carbocycles. The van der Waals surface area contributed by atoms with Crippen LogP contribution in [0.1, 0.15) is 40.6 Å². The number of carbonyl (C=O) groups is 1. The van der Waals surface area contributed by atoms with E-state index in [2.05, 4.69) is 20.2 Å². The monoisotopic (exact) mass is 337 g/mol. The van der Waals surface area contributed by atoms with Gasteiger partial charge in [-0.05, 0) is 30.4 Å². The second kappa shape index (κ2) is 5.24. The second-order valence-electron chi connectivity index (χ2n) is 6.23. The number of nitrogens with zero attached hydrogens (tertiary/aromatic N) is 4. The molecular weight excluding hydrogens is 322 g/mol. The number of hydrogen-bond acceptors (Lipinski definition) is 5. The van der Waals surface area contributed by atoms with Gasteiger partial charge in [0.05, 0.1) is 22.3 Å². The number of nitrogens with one attached hydrogen (secondary N) is 1. The lowest BCUT2D eigenvalue weighted by Crippen LogP contribution is -2.42. The number of carbonyl (C=O) groups excluding carboxylic acids is 1. The molecule has 0 saturated carbocycles. The standard InChI is InChI=1S/C17H15N5OS/c23-17(14-7-13(20-21-14)16-2-1-5-24-16)22-10-3-4-15(22)11-8-18-9-19-12(11)6-10/h1-2,5,7-10,15H,3-4,6H2,(H,20,21). The average Bonchev–Trinajstić information content (AvgIpc) is 3.34. The minimum absolute atomic E-state index is 0.00365. The van der Waals surface area contributed by atoms with Gasteiger partial charge >= 0.3 is 0 Å². The summed E-state index contributed by atoms with van der Waals surface area (Å²) in [7, 11) is 0. The molecule has 6 nitrogen and oxygen atoms in total. The molecule has 3 aromatic rings. The third kappa shape index (κ3) is 2.01. The Bertz CT molecular complexity index is 903. The molecule has 3 aromatic heterocycles. The van der Waals surface area contributed by atoms with Crippen LogP contribution in [0.5, 0.6) is 0 Å².